The Labute approximate surface area is 157 Å². The van der Waals surface area contributed by atoms with Crippen LogP contribution in [-0.4, -0.2) is 47.9 Å². The van der Waals surface area contributed by atoms with Crippen LogP contribution in [0.3, 0.4) is 0 Å². The number of likely N-dealkylation sites (tertiary alicyclic amines) is 1. The summed E-state index contributed by atoms with van der Waals surface area (Å²) in [6, 6.07) is 5.45. The molecule has 0 N–H and O–H groups in total. The lowest BCUT2D eigenvalue weighted by Crippen LogP contribution is -2.53. The molecule has 1 aliphatic carbocycles. The van der Waals surface area contributed by atoms with E-state index in [1.54, 1.807) is 17.0 Å². The van der Waals surface area contributed by atoms with E-state index in [4.69, 9.17) is 25.9 Å². The number of benzene rings is 1. The zero-order valence-corrected chi connectivity index (χ0v) is 15.6. The highest BCUT2D eigenvalue weighted by molar-refractivity contribution is 6.42. The van der Waals surface area contributed by atoms with E-state index in [1.165, 1.54) is 12.8 Å². The van der Waals surface area contributed by atoms with Crippen LogP contribution in [0.25, 0.3) is 0 Å². The smallest absolute Gasteiger partial charge is 0.227 e. The zero-order valence-electron chi connectivity index (χ0n) is 16.0. The molecule has 0 spiro atoms. The van der Waals surface area contributed by atoms with Crippen molar-refractivity contribution in [3.63, 3.8) is 0 Å². The van der Waals surface area contributed by atoms with Gasteiger partial charge in [0.2, 0.25) is 5.91 Å². The van der Waals surface area contributed by atoms with Gasteiger partial charge in [-0.15, -0.1) is 0 Å². The van der Waals surface area contributed by atoms with Crippen molar-refractivity contribution in [2.75, 3.05) is 20.1 Å². The maximum absolute atomic E-state index is 12.9. The Kier molecular flexibility index (Phi) is 5.21. The molecule has 1 saturated heterocycles. The molecule has 4 atom stereocenters. The van der Waals surface area contributed by atoms with Crippen molar-refractivity contribution in [2.45, 2.75) is 57.0 Å². The van der Waals surface area contributed by atoms with Crippen molar-refractivity contribution in [1.82, 2.24) is 9.80 Å². The molecule has 2 fully saturated rings. The van der Waals surface area contributed by atoms with E-state index in [-0.39, 0.29) is 30.8 Å². The van der Waals surface area contributed by atoms with Crippen LogP contribution in [0.15, 0.2) is 18.2 Å². The maximum Gasteiger partial charge on any atom is 0.227 e. The average molecular weight is 373 g/mol. The number of likely N-dealkylation sites (N-methyl/N-ethyl adjacent to an activating group) is 1. The minimum absolute atomic E-state index is 0.00697. The first kappa shape index (κ1) is 15.5. The van der Waals surface area contributed by atoms with Crippen molar-refractivity contribution in [2.24, 2.45) is 0 Å². The molecule has 2 aliphatic rings. The Morgan fingerprint density at radius 2 is 1.96 bits per heavy atom. The third kappa shape index (κ3) is 4.07. The van der Waals surface area contributed by atoms with E-state index in [0.29, 0.717) is 22.9 Å². The Balaban J connectivity index is 1.72. The van der Waals surface area contributed by atoms with Crippen LogP contribution in [0.1, 0.15) is 46.8 Å². The van der Waals surface area contributed by atoms with E-state index in [9.17, 15) is 4.79 Å². The monoisotopic (exact) mass is 372 g/mol. The number of hydrogen-bond acceptors (Lipinski definition) is 2. The molecule has 1 aromatic rings. The molecular weight excluding hydrogens is 343 g/mol. The highest BCUT2D eigenvalue weighted by atomic mass is 35.5. The summed E-state index contributed by atoms with van der Waals surface area (Å²) in [5.74, 6) is 0.0215. The van der Waals surface area contributed by atoms with Crippen molar-refractivity contribution in [1.29, 1.82) is 0 Å². The second-order valence-electron chi connectivity index (χ2n) is 6.75. The quantitative estimate of drug-likeness (QED) is 0.781. The van der Waals surface area contributed by atoms with Gasteiger partial charge in [-0.1, -0.05) is 42.1 Å². The number of carbonyl (C=O) groups excluding carboxylic acids is 1. The molecular formula is C19H26Cl2N2O. The van der Waals surface area contributed by atoms with Crippen LogP contribution >= 0.6 is 23.2 Å². The number of rotatable bonds is 4. The molecule has 5 heteroatoms. The minimum Gasteiger partial charge on any atom is -0.341 e. The summed E-state index contributed by atoms with van der Waals surface area (Å²) in [5.41, 5.74) is 0.838. The van der Waals surface area contributed by atoms with Crippen LogP contribution in [0.2, 0.25) is 10.0 Å². The van der Waals surface area contributed by atoms with Crippen molar-refractivity contribution in [3.05, 3.63) is 33.8 Å². The predicted molar refractivity (Wildman–Crippen MR) is 99.8 cm³/mol. The summed E-state index contributed by atoms with van der Waals surface area (Å²) in [6.07, 6.45) is 3.06. The Morgan fingerprint density at radius 1 is 1.25 bits per heavy atom. The number of nitrogens with zero attached hydrogens (tertiary/aromatic N) is 2. The number of halogens is 2. The van der Waals surface area contributed by atoms with Crippen LogP contribution in [0.5, 0.6) is 0 Å². The van der Waals surface area contributed by atoms with Gasteiger partial charge in [-0.05, 0) is 56.5 Å². The van der Waals surface area contributed by atoms with E-state index < -0.39 is 6.40 Å². The topological polar surface area (TPSA) is 23.6 Å². The second kappa shape index (κ2) is 8.07. The average Bonchev–Trinajstić information content (AvgIpc) is 3.14. The molecule has 1 aromatic carbocycles. The standard InChI is InChI=1S/C19H26Cl2N2O/c1-22(19(24)13-14-8-9-15(20)16(21)12-14)17-6-2-3-7-18(17)23-10-4-5-11-23/h8-9,12,17-18H,2-7,10-11,13H2,1H3/i2T,3T. The van der Waals surface area contributed by atoms with Gasteiger partial charge in [0.25, 0.3) is 0 Å². The first-order valence-electron chi connectivity index (χ1n) is 9.80. The number of carbonyl (C=O) groups is 1. The summed E-state index contributed by atoms with van der Waals surface area (Å²) in [7, 11) is 1.84. The summed E-state index contributed by atoms with van der Waals surface area (Å²) in [5, 5.41) is 0.937. The molecule has 3 rings (SSSR count). The normalized spacial score (nSPS) is 32.3. The lowest BCUT2D eigenvalue weighted by Gasteiger charge is -2.42. The van der Waals surface area contributed by atoms with Crippen LogP contribution in [0.4, 0.5) is 0 Å². The maximum atomic E-state index is 12.9. The molecule has 24 heavy (non-hydrogen) atoms. The lowest BCUT2D eigenvalue weighted by atomic mass is 9.88. The molecule has 0 bridgehead atoms. The molecule has 1 saturated carbocycles. The Hall–Kier alpha value is -0.770. The third-order valence-electron chi connectivity index (χ3n) is 5.21. The van der Waals surface area contributed by atoms with E-state index in [2.05, 4.69) is 4.90 Å². The van der Waals surface area contributed by atoms with E-state index in [0.717, 1.165) is 18.7 Å². The van der Waals surface area contributed by atoms with Crippen molar-refractivity contribution >= 4 is 29.1 Å². The van der Waals surface area contributed by atoms with Crippen LogP contribution < -0.4 is 0 Å². The largest absolute Gasteiger partial charge is 0.341 e. The summed E-state index contributed by atoms with van der Waals surface area (Å²) >= 11 is 12.0. The first-order valence-corrected chi connectivity index (χ1v) is 9.40. The second-order valence-corrected chi connectivity index (χ2v) is 7.56. The molecule has 132 valence electrons. The van der Waals surface area contributed by atoms with Gasteiger partial charge in [0.15, 0.2) is 0 Å². The highest BCUT2D eigenvalue weighted by Gasteiger charge is 2.35. The molecule has 0 radical (unpaired) electrons. The van der Waals surface area contributed by atoms with Gasteiger partial charge < -0.3 is 4.90 Å². The lowest BCUT2D eigenvalue weighted by molar-refractivity contribution is -0.133. The van der Waals surface area contributed by atoms with Crippen LogP contribution in [-0.2, 0) is 11.2 Å². The fourth-order valence-corrected chi connectivity index (χ4v) is 4.12. The number of hydrogen-bond donors (Lipinski definition) is 0. The molecule has 1 heterocycles. The molecule has 3 nitrogen and oxygen atoms in total. The molecule has 0 aromatic heterocycles. The SMILES string of the molecule is [3H]C1CC(N2CCCC2)C(N(C)C(=O)Cc2ccc(Cl)c(Cl)c2)CC1[3H]. The van der Waals surface area contributed by atoms with Gasteiger partial charge in [-0.2, -0.15) is 0 Å². The van der Waals surface area contributed by atoms with Gasteiger partial charge in [0.1, 0.15) is 0 Å². The molecule has 1 aliphatic heterocycles. The van der Waals surface area contributed by atoms with Crippen molar-refractivity contribution < 1.29 is 7.54 Å². The van der Waals surface area contributed by atoms with Crippen molar-refractivity contribution in [3.8, 4) is 0 Å². The zero-order chi connectivity index (χ0) is 18.8. The number of amides is 1. The molecule has 1 amide bonds. The van der Waals surface area contributed by atoms with Gasteiger partial charge in [0, 0.05) is 21.9 Å². The Bertz CT molecular complexity index is 654. The Morgan fingerprint density at radius 3 is 2.67 bits per heavy atom. The summed E-state index contributed by atoms with van der Waals surface area (Å²) in [4.78, 5) is 17.1. The van der Waals surface area contributed by atoms with E-state index in [1.807, 2.05) is 13.1 Å². The molecule has 4 unspecified atom stereocenters. The van der Waals surface area contributed by atoms with Gasteiger partial charge in [-0.25, -0.2) is 0 Å². The summed E-state index contributed by atoms with van der Waals surface area (Å²) < 4.78 is 16.4. The third-order valence-corrected chi connectivity index (χ3v) is 5.94. The summed E-state index contributed by atoms with van der Waals surface area (Å²) in [6.45, 7) is 2.07. The fourth-order valence-electron chi connectivity index (χ4n) is 3.80. The first-order chi connectivity index (χ1) is 12.4. The minimum atomic E-state index is -0.431. The highest BCUT2D eigenvalue weighted by Crippen LogP contribution is 2.29. The van der Waals surface area contributed by atoms with Gasteiger partial charge in [0.05, 0.1) is 16.5 Å². The predicted octanol–water partition coefficient (Wildman–Crippen LogP) is 4.40. The van der Waals surface area contributed by atoms with Gasteiger partial charge in [-0.3, -0.25) is 9.69 Å². The van der Waals surface area contributed by atoms with Crippen LogP contribution in [0, 0.1) is 0 Å². The van der Waals surface area contributed by atoms with E-state index >= 15 is 0 Å². The van der Waals surface area contributed by atoms with Gasteiger partial charge >= 0.3 is 0 Å². The fraction of sp³-hybridized carbons (Fsp3) is 0.632.